The van der Waals surface area contributed by atoms with Crippen LogP contribution in [0.3, 0.4) is 0 Å². The van der Waals surface area contributed by atoms with Crippen molar-refractivity contribution in [2.24, 2.45) is 5.41 Å². The molecule has 0 radical (unpaired) electrons. The summed E-state index contributed by atoms with van der Waals surface area (Å²) in [5, 5.41) is 0. The van der Waals surface area contributed by atoms with E-state index in [2.05, 4.69) is 14.9 Å². The molecular formula is C14H18Cl2N4O. The Kier molecular flexibility index (Phi) is 3.74. The van der Waals surface area contributed by atoms with Crippen LogP contribution in [0.25, 0.3) is 0 Å². The molecule has 7 heteroatoms. The number of carbonyl (C=O) groups is 1. The highest BCUT2D eigenvalue weighted by atomic mass is 35.5. The number of aromatic nitrogens is 2. The van der Waals surface area contributed by atoms with Gasteiger partial charge in [-0.1, -0.05) is 0 Å². The second-order valence-corrected chi connectivity index (χ2v) is 7.38. The molecule has 2 heterocycles. The first-order valence-electron chi connectivity index (χ1n) is 7.13. The highest BCUT2D eigenvalue weighted by Crippen LogP contribution is 2.64. The fraction of sp³-hybridized carbons (Fsp3) is 0.643. The van der Waals surface area contributed by atoms with Crippen molar-refractivity contribution >= 4 is 35.1 Å². The normalized spacial score (nSPS) is 28.1. The lowest BCUT2D eigenvalue weighted by atomic mass is 10.1. The monoisotopic (exact) mass is 328 g/mol. The van der Waals surface area contributed by atoms with E-state index in [0.717, 1.165) is 26.1 Å². The van der Waals surface area contributed by atoms with E-state index in [1.165, 1.54) is 0 Å². The minimum Gasteiger partial charge on any atom is -0.340 e. The van der Waals surface area contributed by atoms with Crippen molar-refractivity contribution in [3.63, 3.8) is 0 Å². The van der Waals surface area contributed by atoms with Gasteiger partial charge in [-0.3, -0.25) is 4.79 Å². The summed E-state index contributed by atoms with van der Waals surface area (Å²) in [5.41, 5.74) is -0.630. The molecule has 1 saturated carbocycles. The highest BCUT2D eigenvalue weighted by molar-refractivity contribution is 6.53. The molecule has 0 spiro atoms. The minimum absolute atomic E-state index is 0.0586. The van der Waals surface area contributed by atoms with Gasteiger partial charge in [-0.05, 0) is 25.8 Å². The van der Waals surface area contributed by atoms with Crippen LogP contribution in [0.15, 0.2) is 18.5 Å². The summed E-state index contributed by atoms with van der Waals surface area (Å²) in [6.07, 6.45) is 4.88. The van der Waals surface area contributed by atoms with Gasteiger partial charge in [0.15, 0.2) is 0 Å². The predicted molar refractivity (Wildman–Crippen MR) is 82.6 cm³/mol. The molecule has 21 heavy (non-hydrogen) atoms. The average molecular weight is 329 g/mol. The third-order valence-electron chi connectivity index (χ3n) is 4.35. The molecule has 0 bridgehead atoms. The number of alkyl halides is 2. The summed E-state index contributed by atoms with van der Waals surface area (Å²) in [7, 11) is 0. The van der Waals surface area contributed by atoms with Gasteiger partial charge in [0, 0.05) is 38.6 Å². The number of nitrogens with zero attached hydrogens (tertiary/aromatic N) is 4. The Labute approximate surface area is 134 Å². The van der Waals surface area contributed by atoms with Crippen LogP contribution in [-0.2, 0) is 4.79 Å². The molecule has 1 aromatic rings. The average Bonchev–Trinajstić information content (AvgIpc) is 3.09. The summed E-state index contributed by atoms with van der Waals surface area (Å²) >= 11 is 12.2. The topological polar surface area (TPSA) is 49.3 Å². The van der Waals surface area contributed by atoms with E-state index in [-0.39, 0.29) is 5.91 Å². The maximum atomic E-state index is 12.6. The first-order chi connectivity index (χ1) is 9.94. The van der Waals surface area contributed by atoms with E-state index in [1.54, 1.807) is 18.5 Å². The fourth-order valence-electron chi connectivity index (χ4n) is 2.76. The Morgan fingerprint density at radius 1 is 1.19 bits per heavy atom. The van der Waals surface area contributed by atoms with Crippen LogP contribution in [0.4, 0.5) is 5.95 Å². The lowest BCUT2D eigenvalue weighted by Crippen LogP contribution is -2.40. The Hall–Kier alpha value is -1.07. The standard InChI is InChI=1S/C14H18Cl2N4O/c1-13(10-14(13,15)16)11(21)19-6-3-7-20(9-8-19)12-17-4-2-5-18-12/h2,4-5H,3,6-10H2,1H3. The summed E-state index contributed by atoms with van der Waals surface area (Å²) in [4.78, 5) is 25.1. The van der Waals surface area contributed by atoms with Gasteiger partial charge in [-0.2, -0.15) is 0 Å². The largest absolute Gasteiger partial charge is 0.340 e. The third-order valence-corrected chi connectivity index (χ3v) is 5.45. The molecule has 1 aromatic heterocycles. The summed E-state index contributed by atoms with van der Waals surface area (Å²) in [5.74, 6) is 0.775. The number of amides is 1. The van der Waals surface area contributed by atoms with Crippen molar-refractivity contribution < 1.29 is 4.79 Å². The molecule has 3 rings (SSSR count). The predicted octanol–water partition coefficient (Wildman–Crippen LogP) is 2.10. The van der Waals surface area contributed by atoms with E-state index in [1.807, 2.05) is 11.8 Å². The maximum Gasteiger partial charge on any atom is 0.231 e. The van der Waals surface area contributed by atoms with E-state index in [0.29, 0.717) is 18.9 Å². The lowest BCUT2D eigenvalue weighted by molar-refractivity contribution is -0.136. The van der Waals surface area contributed by atoms with Gasteiger partial charge in [-0.15, -0.1) is 23.2 Å². The van der Waals surface area contributed by atoms with Crippen molar-refractivity contribution in [3.8, 4) is 0 Å². The molecule has 1 aliphatic heterocycles. The van der Waals surface area contributed by atoms with Crippen molar-refractivity contribution in [3.05, 3.63) is 18.5 Å². The maximum absolute atomic E-state index is 12.6. The van der Waals surface area contributed by atoms with Crippen LogP contribution in [0.1, 0.15) is 19.8 Å². The molecular weight excluding hydrogens is 311 g/mol. The van der Waals surface area contributed by atoms with Gasteiger partial charge in [0.1, 0.15) is 4.33 Å². The second-order valence-electron chi connectivity index (χ2n) is 5.89. The summed E-state index contributed by atoms with van der Waals surface area (Å²) in [6, 6.07) is 1.80. The Morgan fingerprint density at radius 3 is 2.48 bits per heavy atom. The van der Waals surface area contributed by atoms with Crippen LogP contribution in [-0.4, -0.2) is 51.3 Å². The molecule has 0 N–H and O–H groups in total. The van der Waals surface area contributed by atoms with Crippen LogP contribution < -0.4 is 4.90 Å². The molecule has 114 valence electrons. The first kappa shape index (κ1) is 14.9. The van der Waals surface area contributed by atoms with E-state index in [4.69, 9.17) is 23.2 Å². The van der Waals surface area contributed by atoms with E-state index in [9.17, 15) is 4.79 Å². The summed E-state index contributed by atoms with van der Waals surface area (Å²) < 4.78 is -0.904. The zero-order valence-electron chi connectivity index (χ0n) is 11.9. The smallest absolute Gasteiger partial charge is 0.231 e. The Balaban J connectivity index is 1.65. The van der Waals surface area contributed by atoms with E-state index < -0.39 is 9.75 Å². The first-order valence-corrected chi connectivity index (χ1v) is 7.89. The number of hydrogen-bond acceptors (Lipinski definition) is 4. The van der Waals surface area contributed by atoms with Crippen molar-refractivity contribution in [2.45, 2.75) is 24.1 Å². The molecule has 0 aromatic carbocycles. The van der Waals surface area contributed by atoms with Crippen LogP contribution in [0, 0.1) is 5.41 Å². The zero-order chi connectivity index (χ0) is 15.1. The Bertz CT molecular complexity index is 539. The molecule has 2 aliphatic rings. The fourth-order valence-corrected chi connectivity index (χ4v) is 3.45. The van der Waals surface area contributed by atoms with Gasteiger partial charge in [-0.25, -0.2) is 9.97 Å². The molecule has 1 amide bonds. The highest BCUT2D eigenvalue weighted by Gasteiger charge is 2.68. The van der Waals surface area contributed by atoms with Crippen molar-refractivity contribution in [1.29, 1.82) is 0 Å². The quantitative estimate of drug-likeness (QED) is 0.780. The molecule has 1 aliphatic carbocycles. The van der Waals surface area contributed by atoms with Crippen LogP contribution >= 0.6 is 23.2 Å². The third kappa shape index (κ3) is 2.69. The van der Waals surface area contributed by atoms with Crippen molar-refractivity contribution in [2.75, 3.05) is 31.1 Å². The molecule has 2 fully saturated rings. The number of hydrogen-bond donors (Lipinski definition) is 0. The zero-order valence-corrected chi connectivity index (χ0v) is 13.4. The van der Waals surface area contributed by atoms with Crippen LogP contribution in [0.5, 0.6) is 0 Å². The number of carbonyl (C=O) groups excluding carboxylic acids is 1. The minimum atomic E-state index is -0.904. The molecule has 1 atom stereocenters. The van der Waals surface area contributed by atoms with Gasteiger partial charge < -0.3 is 9.80 Å². The van der Waals surface area contributed by atoms with Gasteiger partial charge in [0.05, 0.1) is 5.41 Å². The molecule has 1 saturated heterocycles. The molecule has 5 nitrogen and oxygen atoms in total. The SMILES string of the molecule is CC1(C(=O)N2CCCN(c3ncccn3)CC2)CC1(Cl)Cl. The number of anilines is 1. The van der Waals surface area contributed by atoms with Crippen molar-refractivity contribution in [1.82, 2.24) is 14.9 Å². The van der Waals surface area contributed by atoms with Gasteiger partial charge >= 0.3 is 0 Å². The second kappa shape index (κ2) is 5.29. The van der Waals surface area contributed by atoms with E-state index >= 15 is 0 Å². The molecule has 1 unspecified atom stereocenters. The Morgan fingerprint density at radius 2 is 1.86 bits per heavy atom. The number of halogens is 2. The van der Waals surface area contributed by atoms with Gasteiger partial charge in [0.25, 0.3) is 0 Å². The summed E-state index contributed by atoms with van der Waals surface area (Å²) in [6.45, 7) is 4.79. The number of rotatable bonds is 2. The van der Waals surface area contributed by atoms with Crippen LogP contribution in [0.2, 0.25) is 0 Å². The lowest BCUT2D eigenvalue weighted by Gasteiger charge is -2.25. The van der Waals surface area contributed by atoms with Gasteiger partial charge in [0.2, 0.25) is 11.9 Å².